The molecule has 3 atom stereocenters. The normalized spacial score (nSPS) is 26.9. The summed E-state index contributed by atoms with van der Waals surface area (Å²) < 4.78 is 18.8. The lowest BCUT2D eigenvalue weighted by molar-refractivity contribution is -0.124. The van der Waals surface area contributed by atoms with E-state index in [1.54, 1.807) is 6.07 Å². The van der Waals surface area contributed by atoms with Crippen molar-refractivity contribution in [2.45, 2.75) is 45.3 Å². The van der Waals surface area contributed by atoms with E-state index >= 15 is 0 Å². The van der Waals surface area contributed by atoms with E-state index in [9.17, 15) is 9.18 Å². The third kappa shape index (κ3) is 3.83. The molecule has 1 saturated carbocycles. The zero-order valence-corrected chi connectivity index (χ0v) is 13.8. The van der Waals surface area contributed by atoms with Gasteiger partial charge in [0.05, 0.1) is 12.0 Å². The molecular weight excluding hydrogens is 295 g/mol. The van der Waals surface area contributed by atoms with Crippen molar-refractivity contribution in [3.05, 3.63) is 29.6 Å². The van der Waals surface area contributed by atoms with Crippen LogP contribution in [0.4, 0.5) is 10.1 Å². The van der Waals surface area contributed by atoms with E-state index < -0.39 is 0 Å². The predicted molar refractivity (Wildman–Crippen MR) is 88.0 cm³/mol. The van der Waals surface area contributed by atoms with Crippen LogP contribution in [-0.2, 0) is 9.53 Å². The molecule has 1 heterocycles. The summed E-state index contributed by atoms with van der Waals surface area (Å²) in [5, 5.41) is 3.17. The van der Waals surface area contributed by atoms with E-state index in [0.717, 1.165) is 43.6 Å². The Balaban J connectivity index is 1.57. The van der Waals surface area contributed by atoms with E-state index in [2.05, 4.69) is 10.2 Å². The maximum Gasteiger partial charge on any atom is 0.226 e. The Kier molecular flexibility index (Phi) is 4.85. The Morgan fingerprint density at radius 1 is 1.48 bits per heavy atom. The molecule has 5 heteroatoms. The molecule has 1 aromatic rings. The monoisotopic (exact) mass is 320 g/mol. The van der Waals surface area contributed by atoms with Gasteiger partial charge in [-0.25, -0.2) is 4.39 Å². The number of carbonyl (C=O) groups excluding carboxylic acids is 1. The summed E-state index contributed by atoms with van der Waals surface area (Å²) in [6.45, 7) is 6.28. The van der Waals surface area contributed by atoms with Gasteiger partial charge in [0.25, 0.3) is 0 Å². The minimum absolute atomic E-state index is 0.0258. The highest BCUT2D eigenvalue weighted by atomic mass is 19.1. The van der Waals surface area contributed by atoms with Crippen molar-refractivity contribution >= 4 is 11.6 Å². The largest absolute Gasteiger partial charge is 0.378 e. The quantitative estimate of drug-likeness (QED) is 0.907. The lowest BCUT2D eigenvalue weighted by Gasteiger charge is -2.35. The first kappa shape index (κ1) is 16.2. The number of nitrogens with one attached hydrogen (secondary N) is 1. The number of anilines is 1. The number of nitrogens with zero attached hydrogens (tertiary/aromatic N) is 1. The smallest absolute Gasteiger partial charge is 0.226 e. The first-order chi connectivity index (χ1) is 11.1. The van der Waals surface area contributed by atoms with Gasteiger partial charge in [0, 0.05) is 31.4 Å². The number of benzene rings is 1. The second kappa shape index (κ2) is 6.87. The first-order valence-corrected chi connectivity index (χ1v) is 8.51. The molecule has 0 radical (unpaired) electrons. The molecule has 3 rings (SSSR count). The van der Waals surface area contributed by atoms with Crippen molar-refractivity contribution in [2.75, 3.05) is 24.6 Å². The molecular formula is C18H25FN2O2. The fourth-order valence-electron chi connectivity index (χ4n) is 3.44. The van der Waals surface area contributed by atoms with Crippen LogP contribution in [0.2, 0.25) is 0 Å². The number of ether oxygens (including phenoxy) is 1. The molecule has 0 spiro atoms. The third-order valence-corrected chi connectivity index (χ3v) is 4.72. The number of aryl methyl sites for hydroxylation is 1. The summed E-state index contributed by atoms with van der Waals surface area (Å²) >= 11 is 0. The molecule has 1 aliphatic heterocycles. The summed E-state index contributed by atoms with van der Waals surface area (Å²) in [5.41, 5.74) is 2.00. The number of halogens is 1. The number of carbonyl (C=O) groups is 1. The highest BCUT2D eigenvalue weighted by molar-refractivity contribution is 5.82. The van der Waals surface area contributed by atoms with Crippen LogP contribution < -0.4 is 10.2 Å². The summed E-state index contributed by atoms with van der Waals surface area (Å²) in [6.07, 6.45) is 2.97. The third-order valence-electron chi connectivity index (χ3n) is 4.72. The molecule has 2 fully saturated rings. The van der Waals surface area contributed by atoms with Gasteiger partial charge in [0.1, 0.15) is 5.82 Å². The van der Waals surface area contributed by atoms with Gasteiger partial charge in [-0.1, -0.05) is 0 Å². The summed E-state index contributed by atoms with van der Waals surface area (Å²) in [5.74, 6) is -0.0622. The van der Waals surface area contributed by atoms with E-state index in [0.29, 0.717) is 6.61 Å². The van der Waals surface area contributed by atoms with Gasteiger partial charge in [-0.2, -0.15) is 0 Å². The molecule has 126 valence electrons. The summed E-state index contributed by atoms with van der Waals surface area (Å²) in [4.78, 5) is 14.5. The summed E-state index contributed by atoms with van der Waals surface area (Å²) in [6, 6.07) is 5.06. The molecule has 4 nitrogen and oxygen atoms in total. The lowest BCUT2D eigenvalue weighted by Crippen LogP contribution is -2.48. The van der Waals surface area contributed by atoms with Crippen LogP contribution >= 0.6 is 0 Å². The van der Waals surface area contributed by atoms with Crippen LogP contribution in [0.25, 0.3) is 0 Å². The minimum atomic E-state index is -0.205. The van der Waals surface area contributed by atoms with Gasteiger partial charge < -0.3 is 15.0 Å². The molecule has 0 bridgehead atoms. The number of hydrogen-bond acceptors (Lipinski definition) is 3. The molecule has 1 aliphatic carbocycles. The highest BCUT2D eigenvalue weighted by Crippen LogP contribution is 2.34. The topological polar surface area (TPSA) is 41.6 Å². The standard InChI is InChI=1S/C18H25FN2O2/c1-3-23-17-10-15(17)18(22)20-14-5-4-8-21(11-14)16-7-6-13(19)9-12(16)2/h6-7,9,14-15,17H,3-5,8,10-11H2,1-2H3,(H,20,22)/t14-,15+,17+/m0/s1. The first-order valence-electron chi connectivity index (χ1n) is 8.51. The van der Waals surface area contributed by atoms with Crippen LogP contribution in [-0.4, -0.2) is 37.7 Å². The van der Waals surface area contributed by atoms with Crippen molar-refractivity contribution < 1.29 is 13.9 Å². The van der Waals surface area contributed by atoms with Crippen LogP contribution in [0.5, 0.6) is 0 Å². The van der Waals surface area contributed by atoms with Crippen LogP contribution in [0.15, 0.2) is 18.2 Å². The Morgan fingerprint density at radius 3 is 3.04 bits per heavy atom. The minimum Gasteiger partial charge on any atom is -0.378 e. The van der Waals surface area contributed by atoms with Gasteiger partial charge in [0.2, 0.25) is 5.91 Å². The van der Waals surface area contributed by atoms with Crippen LogP contribution in [0.3, 0.4) is 0 Å². The van der Waals surface area contributed by atoms with Gasteiger partial charge in [-0.05, 0) is 56.9 Å². The molecule has 0 aromatic heterocycles. The van der Waals surface area contributed by atoms with Crippen molar-refractivity contribution in [1.82, 2.24) is 5.32 Å². The molecule has 23 heavy (non-hydrogen) atoms. The number of amides is 1. The SMILES string of the molecule is CCO[C@@H]1C[C@H]1C(=O)N[C@H]1CCCN(c2ccc(F)cc2C)C1. The van der Waals surface area contributed by atoms with Gasteiger partial charge >= 0.3 is 0 Å². The fraction of sp³-hybridized carbons (Fsp3) is 0.611. The molecule has 1 amide bonds. The zero-order valence-electron chi connectivity index (χ0n) is 13.8. The van der Waals surface area contributed by atoms with Gasteiger partial charge in [-0.15, -0.1) is 0 Å². The average Bonchev–Trinajstić information content (AvgIpc) is 3.27. The van der Waals surface area contributed by atoms with Crippen LogP contribution in [0.1, 0.15) is 31.7 Å². The Bertz CT molecular complexity index is 578. The summed E-state index contributed by atoms with van der Waals surface area (Å²) in [7, 11) is 0. The van der Waals surface area contributed by atoms with E-state index in [-0.39, 0.29) is 29.8 Å². The predicted octanol–water partition coefficient (Wildman–Crippen LogP) is 2.64. The Labute approximate surface area is 137 Å². The Morgan fingerprint density at radius 2 is 2.30 bits per heavy atom. The number of rotatable bonds is 5. The number of piperidine rings is 1. The number of hydrogen-bond donors (Lipinski definition) is 1. The second-order valence-corrected chi connectivity index (χ2v) is 6.56. The maximum atomic E-state index is 13.3. The van der Waals surface area contributed by atoms with Crippen molar-refractivity contribution in [2.24, 2.45) is 5.92 Å². The molecule has 1 saturated heterocycles. The fourth-order valence-corrected chi connectivity index (χ4v) is 3.44. The lowest BCUT2D eigenvalue weighted by atomic mass is 10.0. The van der Waals surface area contributed by atoms with Crippen molar-refractivity contribution in [3.8, 4) is 0 Å². The second-order valence-electron chi connectivity index (χ2n) is 6.56. The van der Waals surface area contributed by atoms with E-state index in [4.69, 9.17) is 4.74 Å². The van der Waals surface area contributed by atoms with Crippen molar-refractivity contribution in [1.29, 1.82) is 0 Å². The molecule has 1 N–H and O–H groups in total. The highest BCUT2D eigenvalue weighted by Gasteiger charge is 2.44. The molecule has 0 unspecified atom stereocenters. The zero-order chi connectivity index (χ0) is 16.4. The molecule has 1 aromatic carbocycles. The van der Waals surface area contributed by atoms with Gasteiger partial charge in [-0.3, -0.25) is 4.79 Å². The average molecular weight is 320 g/mol. The van der Waals surface area contributed by atoms with Gasteiger partial charge in [0.15, 0.2) is 0 Å². The van der Waals surface area contributed by atoms with Crippen LogP contribution in [0, 0.1) is 18.7 Å². The van der Waals surface area contributed by atoms with E-state index in [1.165, 1.54) is 6.07 Å². The maximum absolute atomic E-state index is 13.3. The van der Waals surface area contributed by atoms with E-state index in [1.807, 2.05) is 19.9 Å². The Hall–Kier alpha value is -1.62. The molecule has 2 aliphatic rings. The van der Waals surface area contributed by atoms with Crippen molar-refractivity contribution in [3.63, 3.8) is 0 Å².